The van der Waals surface area contributed by atoms with Crippen LogP contribution >= 0.6 is 27.7 Å². The maximum absolute atomic E-state index is 10.8. The summed E-state index contributed by atoms with van der Waals surface area (Å²) in [6.07, 6.45) is 0. The highest BCUT2D eigenvalue weighted by molar-refractivity contribution is 9.10. The second-order valence-electron chi connectivity index (χ2n) is 3.81. The molecular formula is C13H13BrN2O2S. The van der Waals surface area contributed by atoms with E-state index in [9.17, 15) is 4.79 Å². The minimum absolute atomic E-state index is 0.269. The summed E-state index contributed by atoms with van der Waals surface area (Å²) in [6.45, 7) is 0.583. The summed E-state index contributed by atoms with van der Waals surface area (Å²) >= 11 is 4.68. The Labute approximate surface area is 123 Å². The van der Waals surface area contributed by atoms with Crippen LogP contribution in [0.25, 0.3) is 0 Å². The highest BCUT2D eigenvalue weighted by atomic mass is 79.9. The summed E-state index contributed by atoms with van der Waals surface area (Å²) < 4.78 is 6.13. The zero-order chi connectivity index (χ0) is 13.7. The molecule has 0 atom stereocenters. The van der Waals surface area contributed by atoms with Crippen LogP contribution in [0, 0.1) is 0 Å². The maximum Gasteiger partial charge on any atom is 0.227 e. The van der Waals surface area contributed by atoms with Crippen LogP contribution in [0.15, 0.2) is 50.4 Å². The van der Waals surface area contributed by atoms with Crippen molar-refractivity contribution in [2.45, 2.75) is 11.4 Å². The number of anilines is 1. The number of nitrogens with two attached hydrogens (primary N) is 1. The van der Waals surface area contributed by atoms with E-state index in [2.05, 4.69) is 21.2 Å². The normalized spacial score (nSPS) is 10.4. The van der Waals surface area contributed by atoms with Gasteiger partial charge in [-0.15, -0.1) is 11.8 Å². The molecule has 1 aromatic heterocycles. The number of rotatable bonds is 6. The van der Waals surface area contributed by atoms with Gasteiger partial charge in [-0.3, -0.25) is 4.79 Å². The first-order valence-corrected chi connectivity index (χ1v) is 7.41. The van der Waals surface area contributed by atoms with Crippen LogP contribution in [-0.2, 0) is 11.3 Å². The lowest BCUT2D eigenvalue weighted by molar-refractivity contribution is -0.115. The highest BCUT2D eigenvalue weighted by Gasteiger charge is 2.05. The van der Waals surface area contributed by atoms with Gasteiger partial charge in [0.1, 0.15) is 5.76 Å². The summed E-state index contributed by atoms with van der Waals surface area (Å²) in [6, 6.07) is 11.5. The molecule has 100 valence electrons. The molecule has 2 aromatic rings. The zero-order valence-corrected chi connectivity index (χ0v) is 12.5. The lowest BCUT2D eigenvalue weighted by atomic mass is 10.3. The van der Waals surface area contributed by atoms with Crippen LogP contribution in [0.4, 0.5) is 5.69 Å². The van der Waals surface area contributed by atoms with Crippen LogP contribution in [0.5, 0.6) is 0 Å². The number of nitrogens with one attached hydrogen (secondary N) is 1. The van der Waals surface area contributed by atoms with Crippen LogP contribution in [0.2, 0.25) is 0 Å². The van der Waals surface area contributed by atoms with Crippen LogP contribution in [0.1, 0.15) is 5.76 Å². The van der Waals surface area contributed by atoms with Gasteiger partial charge in [0.15, 0.2) is 4.67 Å². The molecule has 0 saturated heterocycles. The average Bonchev–Trinajstić information content (AvgIpc) is 2.80. The molecule has 19 heavy (non-hydrogen) atoms. The smallest absolute Gasteiger partial charge is 0.227 e. The quantitative estimate of drug-likeness (QED) is 0.792. The molecule has 0 saturated carbocycles. The molecule has 0 aliphatic heterocycles. The molecule has 0 fully saturated rings. The van der Waals surface area contributed by atoms with Crippen molar-refractivity contribution in [3.63, 3.8) is 0 Å². The minimum Gasteiger partial charge on any atom is -0.452 e. The molecule has 6 heteroatoms. The van der Waals surface area contributed by atoms with E-state index in [1.165, 1.54) is 11.8 Å². The number of thioether (sulfide) groups is 1. The molecule has 2 rings (SSSR count). The average molecular weight is 341 g/mol. The Morgan fingerprint density at radius 3 is 2.79 bits per heavy atom. The molecule has 1 heterocycles. The van der Waals surface area contributed by atoms with Gasteiger partial charge in [-0.1, -0.05) is 12.1 Å². The van der Waals surface area contributed by atoms with Gasteiger partial charge < -0.3 is 15.5 Å². The fraction of sp³-hybridized carbons (Fsp3) is 0.154. The summed E-state index contributed by atoms with van der Waals surface area (Å²) in [7, 11) is 0. The molecule has 0 aliphatic rings. The predicted molar refractivity (Wildman–Crippen MR) is 80.1 cm³/mol. The Bertz CT molecular complexity index is 571. The van der Waals surface area contributed by atoms with Crippen molar-refractivity contribution >= 4 is 39.3 Å². The number of amides is 1. The van der Waals surface area contributed by atoms with Crippen molar-refractivity contribution in [2.24, 2.45) is 5.73 Å². The number of carbonyl (C=O) groups excluding carboxylic acids is 1. The third-order valence-electron chi connectivity index (χ3n) is 2.34. The maximum atomic E-state index is 10.8. The lowest BCUT2D eigenvalue weighted by Crippen LogP contribution is -2.13. The Morgan fingerprint density at radius 1 is 1.32 bits per heavy atom. The molecule has 3 N–H and O–H groups in total. The Balaban J connectivity index is 2.01. The number of para-hydroxylation sites is 1. The lowest BCUT2D eigenvalue weighted by Gasteiger charge is -2.09. The zero-order valence-electron chi connectivity index (χ0n) is 10.1. The fourth-order valence-electron chi connectivity index (χ4n) is 1.52. The summed E-state index contributed by atoms with van der Waals surface area (Å²) in [4.78, 5) is 11.8. The first kappa shape index (κ1) is 14.0. The third kappa shape index (κ3) is 4.33. The standard InChI is InChI=1S/C13H13BrN2O2S/c14-12-6-5-9(18-12)7-16-10-3-1-2-4-11(10)19-8-13(15)17/h1-6,16H,7-8H2,(H2,15,17). The van der Waals surface area contributed by atoms with Gasteiger partial charge >= 0.3 is 0 Å². The van der Waals surface area contributed by atoms with Gasteiger partial charge in [0.25, 0.3) is 0 Å². The van der Waals surface area contributed by atoms with E-state index in [0.717, 1.165) is 16.3 Å². The van der Waals surface area contributed by atoms with Crippen LogP contribution in [0.3, 0.4) is 0 Å². The van der Waals surface area contributed by atoms with Crippen molar-refractivity contribution < 1.29 is 9.21 Å². The first-order valence-electron chi connectivity index (χ1n) is 5.63. The van der Waals surface area contributed by atoms with Crippen molar-refractivity contribution in [1.29, 1.82) is 0 Å². The Hall–Kier alpha value is -1.40. The number of halogens is 1. The fourth-order valence-corrected chi connectivity index (χ4v) is 2.62. The van der Waals surface area contributed by atoms with Crippen molar-refractivity contribution in [3.05, 3.63) is 46.8 Å². The topological polar surface area (TPSA) is 68.3 Å². The summed E-state index contributed by atoms with van der Waals surface area (Å²) in [5.74, 6) is 0.779. The van der Waals surface area contributed by atoms with Gasteiger partial charge in [-0.05, 0) is 40.2 Å². The molecule has 0 aliphatic carbocycles. The van der Waals surface area contributed by atoms with E-state index >= 15 is 0 Å². The number of benzene rings is 1. The molecule has 0 spiro atoms. The number of carbonyl (C=O) groups is 1. The first-order chi connectivity index (χ1) is 9.15. The van der Waals surface area contributed by atoms with E-state index in [0.29, 0.717) is 11.2 Å². The molecule has 0 radical (unpaired) electrons. The van der Waals surface area contributed by atoms with Crippen LogP contribution < -0.4 is 11.1 Å². The molecule has 4 nitrogen and oxygen atoms in total. The molecule has 1 aromatic carbocycles. The number of hydrogen-bond acceptors (Lipinski definition) is 4. The number of hydrogen-bond donors (Lipinski definition) is 2. The Kier molecular flexibility index (Phi) is 4.93. The second kappa shape index (κ2) is 6.68. The second-order valence-corrected chi connectivity index (χ2v) is 5.61. The van der Waals surface area contributed by atoms with E-state index < -0.39 is 0 Å². The molecular weight excluding hydrogens is 328 g/mol. The van der Waals surface area contributed by atoms with Crippen molar-refractivity contribution in [2.75, 3.05) is 11.1 Å². The molecule has 0 unspecified atom stereocenters. The van der Waals surface area contributed by atoms with E-state index in [-0.39, 0.29) is 11.7 Å². The van der Waals surface area contributed by atoms with Gasteiger partial charge in [0.05, 0.1) is 12.3 Å². The van der Waals surface area contributed by atoms with E-state index in [1.54, 1.807) is 0 Å². The van der Waals surface area contributed by atoms with E-state index in [1.807, 2.05) is 36.4 Å². The minimum atomic E-state index is -0.324. The van der Waals surface area contributed by atoms with Crippen molar-refractivity contribution in [3.8, 4) is 0 Å². The largest absolute Gasteiger partial charge is 0.452 e. The molecule has 1 amide bonds. The van der Waals surface area contributed by atoms with Gasteiger partial charge in [0.2, 0.25) is 5.91 Å². The summed E-state index contributed by atoms with van der Waals surface area (Å²) in [5.41, 5.74) is 6.12. The van der Waals surface area contributed by atoms with Gasteiger partial charge in [0, 0.05) is 10.6 Å². The number of furan rings is 1. The van der Waals surface area contributed by atoms with Gasteiger partial charge in [-0.2, -0.15) is 0 Å². The predicted octanol–water partition coefficient (Wildman–Crippen LogP) is 3.23. The molecule has 0 bridgehead atoms. The monoisotopic (exact) mass is 340 g/mol. The van der Waals surface area contributed by atoms with E-state index in [4.69, 9.17) is 10.2 Å². The SMILES string of the molecule is NC(=O)CSc1ccccc1NCc1ccc(Br)o1. The third-order valence-corrected chi connectivity index (χ3v) is 3.86. The number of primary amides is 1. The van der Waals surface area contributed by atoms with Gasteiger partial charge in [-0.25, -0.2) is 0 Å². The summed E-state index contributed by atoms with van der Waals surface area (Å²) in [5, 5.41) is 3.28. The highest BCUT2D eigenvalue weighted by Crippen LogP contribution is 2.27. The van der Waals surface area contributed by atoms with Crippen LogP contribution in [-0.4, -0.2) is 11.7 Å². The van der Waals surface area contributed by atoms with Crippen molar-refractivity contribution in [1.82, 2.24) is 0 Å². The Morgan fingerprint density at radius 2 is 2.11 bits per heavy atom.